The second-order valence-electron chi connectivity index (χ2n) is 6.52. The molecule has 0 aliphatic carbocycles. The van der Waals surface area contributed by atoms with E-state index in [1.54, 1.807) is 12.1 Å². The fourth-order valence-corrected chi connectivity index (χ4v) is 3.51. The minimum absolute atomic E-state index is 0.137. The molecule has 2 heteroatoms. The van der Waals surface area contributed by atoms with Crippen LogP contribution in [0.2, 0.25) is 0 Å². The molecule has 1 saturated heterocycles. The molecule has 0 amide bonds. The van der Waals surface area contributed by atoms with Crippen molar-refractivity contribution < 1.29 is 4.39 Å². The van der Waals surface area contributed by atoms with Crippen molar-refractivity contribution in [1.82, 2.24) is 5.32 Å². The van der Waals surface area contributed by atoms with Gasteiger partial charge in [0.15, 0.2) is 0 Å². The van der Waals surface area contributed by atoms with E-state index in [2.05, 4.69) is 19.2 Å². The van der Waals surface area contributed by atoms with E-state index in [9.17, 15) is 4.39 Å². The third kappa shape index (κ3) is 3.82. The number of benzene rings is 1. The number of piperidine rings is 1. The maximum atomic E-state index is 13.1. The molecule has 1 nitrogen and oxygen atoms in total. The average Bonchev–Trinajstić information content (AvgIpc) is 2.45. The lowest BCUT2D eigenvalue weighted by Crippen LogP contribution is -2.42. The number of nitrogens with one attached hydrogen (secondary N) is 1. The Hall–Kier alpha value is -0.890. The number of hydrogen-bond donors (Lipinski definition) is 1. The van der Waals surface area contributed by atoms with Crippen LogP contribution in [-0.2, 0) is 0 Å². The average molecular weight is 277 g/mol. The monoisotopic (exact) mass is 277 g/mol. The molecule has 2 atom stereocenters. The largest absolute Gasteiger partial charge is 0.316 e. The molecule has 1 aliphatic heterocycles. The van der Waals surface area contributed by atoms with Crippen molar-refractivity contribution in [1.29, 1.82) is 0 Å². The van der Waals surface area contributed by atoms with Gasteiger partial charge in [0.2, 0.25) is 0 Å². The maximum absolute atomic E-state index is 13.1. The van der Waals surface area contributed by atoms with E-state index in [0.717, 1.165) is 13.1 Å². The summed E-state index contributed by atoms with van der Waals surface area (Å²) in [7, 11) is 0. The topological polar surface area (TPSA) is 12.0 Å². The van der Waals surface area contributed by atoms with Crippen molar-refractivity contribution >= 4 is 0 Å². The van der Waals surface area contributed by atoms with Gasteiger partial charge in [-0.1, -0.05) is 51.7 Å². The Morgan fingerprint density at radius 3 is 2.65 bits per heavy atom. The third-order valence-electron chi connectivity index (χ3n) is 4.94. The van der Waals surface area contributed by atoms with Crippen LogP contribution in [0.25, 0.3) is 0 Å². The molecular formula is C18H28FN. The number of rotatable bonds is 6. The van der Waals surface area contributed by atoms with Crippen molar-refractivity contribution in [2.75, 3.05) is 13.1 Å². The van der Waals surface area contributed by atoms with E-state index in [4.69, 9.17) is 0 Å². The molecule has 112 valence electrons. The summed E-state index contributed by atoms with van der Waals surface area (Å²) in [6.45, 7) is 6.82. The van der Waals surface area contributed by atoms with Crippen LogP contribution in [-0.4, -0.2) is 13.1 Å². The van der Waals surface area contributed by atoms with Gasteiger partial charge in [0.05, 0.1) is 0 Å². The Morgan fingerprint density at radius 2 is 1.95 bits per heavy atom. The van der Waals surface area contributed by atoms with Crippen LogP contribution >= 0.6 is 0 Å². The van der Waals surface area contributed by atoms with Crippen LogP contribution in [0.5, 0.6) is 0 Å². The molecule has 0 aromatic heterocycles. The minimum Gasteiger partial charge on any atom is -0.316 e. The molecule has 2 unspecified atom stereocenters. The first-order valence-electron chi connectivity index (χ1n) is 8.12. The molecule has 20 heavy (non-hydrogen) atoms. The van der Waals surface area contributed by atoms with E-state index < -0.39 is 0 Å². The lowest BCUT2D eigenvalue weighted by atomic mass is 9.66. The number of unbranched alkanes of at least 4 members (excludes halogenated alkanes) is 3. The fraction of sp³-hybridized carbons (Fsp3) is 0.667. The molecule has 2 rings (SSSR count). The smallest absolute Gasteiger partial charge is 0.123 e. The summed E-state index contributed by atoms with van der Waals surface area (Å²) in [5, 5.41) is 3.51. The normalized spacial score (nSPS) is 26.6. The minimum atomic E-state index is -0.137. The van der Waals surface area contributed by atoms with Crippen molar-refractivity contribution in [2.45, 2.75) is 58.3 Å². The molecule has 1 heterocycles. The summed E-state index contributed by atoms with van der Waals surface area (Å²) in [5.74, 6) is 0.376. The van der Waals surface area contributed by atoms with Gasteiger partial charge in [-0.15, -0.1) is 0 Å². The van der Waals surface area contributed by atoms with Gasteiger partial charge in [0.1, 0.15) is 5.82 Å². The number of halogens is 1. The quantitative estimate of drug-likeness (QED) is 0.731. The first kappa shape index (κ1) is 15.5. The zero-order valence-corrected chi connectivity index (χ0v) is 12.9. The van der Waals surface area contributed by atoms with E-state index in [1.807, 2.05) is 12.1 Å². The van der Waals surface area contributed by atoms with Gasteiger partial charge in [-0.3, -0.25) is 0 Å². The summed E-state index contributed by atoms with van der Waals surface area (Å²) in [5.41, 5.74) is 1.65. The highest BCUT2D eigenvalue weighted by Gasteiger charge is 2.36. The molecule has 1 N–H and O–H groups in total. The molecule has 1 aromatic rings. The SMILES string of the molecule is CCCCCCC1(C)CCNCC1c1ccc(F)cc1. The second-order valence-corrected chi connectivity index (χ2v) is 6.52. The maximum Gasteiger partial charge on any atom is 0.123 e. The Balaban J connectivity index is 2.05. The Kier molecular flexibility index (Phi) is 5.59. The van der Waals surface area contributed by atoms with Crippen molar-refractivity contribution in [2.24, 2.45) is 5.41 Å². The summed E-state index contributed by atoms with van der Waals surface area (Å²) in [6, 6.07) is 7.14. The van der Waals surface area contributed by atoms with Crippen LogP contribution in [0.1, 0.15) is 63.9 Å². The van der Waals surface area contributed by atoms with Crippen LogP contribution in [0.15, 0.2) is 24.3 Å². The van der Waals surface area contributed by atoms with Crippen molar-refractivity contribution in [3.63, 3.8) is 0 Å². The van der Waals surface area contributed by atoms with Gasteiger partial charge in [-0.2, -0.15) is 0 Å². The highest BCUT2D eigenvalue weighted by molar-refractivity contribution is 5.24. The molecule has 0 saturated carbocycles. The highest BCUT2D eigenvalue weighted by Crippen LogP contribution is 2.44. The van der Waals surface area contributed by atoms with Gasteiger partial charge < -0.3 is 5.32 Å². The van der Waals surface area contributed by atoms with Gasteiger partial charge in [-0.25, -0.2) is 4.39 Å². The van der Waals surface area contributed by atoms with Crippen molar-refractivity contribution in [3.8, 4) is 0 Å². The third-order valence-corrected chi connectivity index (χ3v) is 4.94. The lowest BCUT2D eigenvalue weighted by molar-refractivity contribution is 0.167. The van der Waals surface area contributed by atoms with E-state index >= 15 is 0 Å². The first-order valence-corrected chi connectivity index (χ1v) is 8.12. The van der Waals surface area contributed by atoms with Crippen LogP contribution < -0.4 is 5.32 Å². The lowest BCUT2D eigenvalue weighted by Gasteiger charge is -2.42. The van der Waals surface area contributed by atoms with Gasteiger partial charge >= 0.3 is 0 Å². The molecule has 0 bridgehead atoms. The van der Waals surface area contributed by atoms with Crippen LogP contribution in [0, 0.1) is 11.2 Å². The summed E-state index contributed by atoms with van der Waals surface area (Å²) < 4.78 is 13.1. The van der Waals surface area contributed by atoms with Gasteiger partial charge in [-0.05, 0) is 42.5 Å². The Labute approximate surface area is 123 Å². The predicted octanol–water partition coefficient (Wildman–Crippen LogP) is 4.88. The Morgan fingerprint density at radius 1 is 1.20 bits per heavy atom. The standard InChI is InChI=1S/C18H28FN/c1-3-4-5-6-11-18(2)12-13-20-14-17(18)15-7-9-16(19)10-8-15/h7-10,17,20H,3-6,11-14H2,1-2H3. The zero-order chi connectivity index (χ0) is 14.4. The molecule has 1 aromatic carbocycles. The summed E-state index contributed by atoms with van der Waals surface area (Å²) in [6.07, 6.45) is 7.81. The number of hydrogen-bond acceptors (Lipinski definition) is 1. The van der Waals surface area contributed by atoms with Crippen LogP contribution in [0.4, 0.5) is 4.39 Å². The molecule has 0 spiro atoms. The fourth-order valence-electron chi connectivity index (χ4n) is 3.51. The highest BCUT2D eigenvalue weighted by atomic mass is 19.1. The molecule has 0 radical (unpaired) electrons. The van der Waals surface area contributed by atoms with Gasteiger partial charge in [0.25, 0.3) is 0 Å². The first-order chi connectivity index (χ1) is 9.65. The van der Waals surface area contributed by atoms with E-state index in [0.29, 0.717) is 11.3 Å². The van der Waals surface area contributed by atoms with Crippen molar-refractivity contribution in [3.05, 3.63) is 35.6 Å². The summed E-state index contributed by atoms with van der Waals surface area (Å²) in [4.78, 5) is 0. The van der Waals surface area contributed by atoms with Crippen LogP contribution in [0.3, 0.4) is 0 Å². The van der Waals surface area contributed by atoms with E-state index in [-0.39, 0.29) is 5.82 Å². The molecule has 1 aliphatic rings. The molecule has 1 fully saturated rings. The second kappa shape index (κ2) is 7.21. The Bertz CT molecular complexity index is 400. The predicted molar refractivity (Wildman–Crippen MR) is 83.5 cm³/mol. The summed E-state index contributed by atoms with van der Waals surface area (Å²) >= 11 is 0. The van der Waals surface area contributed by atoms with E-state index in [1.165, 1.54) is 44.1 Å². The van der Waals surface area contributed by atoms with Gasteiger partial charge in [0, 0.05) is 12.5 Å². The molecular weight excluding hydrogens is 249 g/mol. The zero-order valence-electron chi connectivity index (χ0n) is 12.9.